The second-order valence-electron chi connectivity index (χ2n) is 7.69. The molecule has 2 aliphatic carbocycles. The Morgan fingerprint density at radius 3 is 1.75 bits per heavy atom. The molecule has 0 bridgehead atoms. The van der Waals surface area contributed by atoms with Gasteiger partial charge in [0.05, 0.1) is 43.5 Å². The highest BCUT2D eigenvalue weighted by Gasteiger charge is 2.39. The molecule has 0 aromatic carbocycles. The number of ether oxygens (including phenoxy) is 2. The molecule has 9 heteroatoms. The van der Waals surface area contributed by atoms with Gasteiger partial charge in [-0.05, 0) is 51.4 Å². The van der Waals surface area contributed by atoms with Crippen LogP contribution >= 0.6 is 0 Å². The van der Waals surface area contributed by atoms with Crippen LogP contribution in [0.25, 0.3) is 0 Å². The summed E-state index contributed by atoms with van der Waals surface area (Å²) in [6, 6.07) is 0. The Bertz CT molecular complexity index is 617. The molecule has 28 heavy (non-hydrogen) atoms. The summed E-state index contributed by atoms with van der Waals surface area (Å²) in [6.07, 6.45) is 2.62. The van der Waals surface area contributed by atoms with E-state index in [1.54, 1.807) is 13.8 Å². The van der Waals surface area contributed by atoms with E-state index in [-0.39, 0.29) is 47.8 Å². The van der Waals surface area contributed by atoms with Crippen molar-refractivity contribution in [2.75, 3.05) is 19.5 Å². The summed E-state index contributed by atoms with van der Waals surface area (Å²) >= 11 is 0. The molecule has 0 amide bonds. The number of aliphatic hydroxyl groups is 1. The fourth-order valence-corrected chi connectivity index (χ4v) is 4.54. The minimum atomic E-state index is -3.44. The molecule has 0 aromatic rings. The van der Waals surface area contributed by atoms with Gasteiger partial charge in [-0.1, -0.05) is 13.8 Å². The summed E-state index contributed by atoms with van der Waals surface area (Å²) in [5.41, 5.74) is 0. The molecule has 0 aliphatic heterocycles. The predicted molar refractivity (Wildman–Crippen MR) is 103 cm³/mol. The Morgan fingerprint density at radius 2 is 1.36 bits per heavy atom. The highest BCUT2D eigenvalue weighted by atomic mass is 32.2. The average molecular weight is 423 g/mol. The topological polar surface area (TPSA) is 116 Å². The van der Waals surface area contributed by atoms with Gasteiger partial charge in [-0.25, -0.2) is 0 Å². The van der Waals surface area contributed by atoms with E-state index in [0.717, 1.165) is 12.7 Å². The third-order valence-corrected chi connectivity index (χ3v) is 5.81. The van der Waals surface area contributed by atoms with Crippen molar-refractivity contribution in [3.8, 4) is 0 Å². The predicted octanol–water partition coefficient (Wildman–Crippen LogP) is 1.90. The minimum absolute atomic E-state index is 0.0834. The molecule has 6 atom stereocenters. The summed E-state index contributed by atoms with van der Waals surface area (Å²) in [4.78, 5) is 22.8. The first kappa shape index (κ1) is 24.8. The lowest BCUT2D eigenvalue weighted by atomic mass is 9.99. The molecule has 2 rings (SSSR count). The Kier molecular flexibility index (Phi) is 9.86. The lowest BCUT2D eigenvalue weighted by Gasteiger charge is -2.12. The molecular weight excluding hydrogens is 388 g/mol. The zero-order valence-electron chi connectivity index (χ0n) is 17.4. The quantitative estimate of drug-likeness (QED) is 0.510. The molecule has 2 fully saturated rings. The molecule has 2 saturated carbocycles. The maximum Gasteiger partial charge on any atom is 0.309 e. The first-order valence-corrected chi connectivity index (χ1v) is 11.7. The molecule has 1 N–H and O–H groups in total. The summed E-state index contributed by atoms with van der Waals surface area (Å²) in [7, 11) is -3.44. The van der Waals surface area contributed by atoms with Crippen molar-refractivity contribution in [2.45, 2.75) is 65.6 Å². The van der Waals surface area contributed by atoms with Crippen LogP contribution in [0.4, 0.5) is 0 Å². The highest BCUT2D eigenvalue weighted by molar-refractivity contribution is 7.86. The molecular formula is C19H34O8S. The van der Waals surface area contributed by atoms with Gasteiger partial charge in [-0.3, -0.25) is 13.8 Å². The number of rotatable bonds is 6. The van der Waals surface area contributed by atoms with Crippen LogP contribution in [0.5, 0.6) is 0 Å². The summed E-state index contributed by atoms with van der Waals surface area (Å²) in [6.45, 7) is 8.22. The van der Waals surface area contributed by atoms with Crippen molar-refractivity contribution in [1.29, 1.82) is 0 Å². The SMILES string of the molecule is CCOC(=O)C1CC(O)CC1C.CCOC(=O)C1CC(OS(C)(=O)=O)CC1C. The number of carbonyl (C=O) groups is 2. The smallest absolute Gasteiger partial charge is 0.309 e. The van der Waals surface area contributed by atoms with Gasteiger partial charge in [0.15, 0.2) is 0 Å². The van der Waals surface area contributed by atoms with E-state index in [9.17, 15) is 23.1 Å². The zero-order chi connectivity index (χ0) is 21.5. The van der Waals surface area contributed by atoms with E-state index in [0.29, 0.717) is 32.5 Å². The maximum atomic E-state index is 11.5. The first-order valence-electron chi connectivity index (χ1n) is 9.87. The number of aliphatic hydroxyl groups excluding tert-OH is 1. The maximum absolute atomic E-state index is 11.5. The average Bonchev–Trinajstić information content (AvgIpc) is 3.08. The third kappa shape index (κ3) is 8.05. The Labute approximate surface area is 168 Å². The molecule has 8 nitrogen and oxygen atoms in total. The second-order valence-corrected chi connectivity index (χ2v) is 9.29. The number of esters is 2. The van der Waals surface area contributed by atoms with E-state index in [2.05, 4.69) is 0 Å². The van der Waals surface area contributed by atoms with E-state index >= 15 is 0 Å². The lowest BCUT2D eigenvalue weighted by Crippen LogP contribution is -2.20. The van der Waals surface area contributed by atoms with E-state index in [4.69, 9.17) is 13.7 Å². The number of hydrogen-bond donors (Lipinski definition) is 1. The highest BCUT2D eigenvalue weighted by Crippen LogP contribution is 2.35. The Morgan fingerprint density at radius 1 is 0.893 bits per heavy atom. The fourth-order valence-electron chi connectivity index (χ4n) is 3.89. The van der Waals surface area contributed by atoms with Gasteiger partial charge >= 0.3 is 11.9 Å². The lowest BCUT2D eigenvalue weighted by molar-refractivity contribution is -0.150. The molecule has 6 unspecified atom stereocenters. The van der Waals surface area contributed by atoms with Crippen LogP contribution in [0, 0.1) is 23.7 Å². The van der Waals surface area contributed by atoms with Gasteiger partial charge in [0.2, 0.25) is 0 Å². The standard InChI is InChI=1S/C10H18O5S.C9H16O3/c1-4-14-10(11)9-6-8(5-7(9)2)15-16(3,12)13;1-3-12-9(11)8-5-7(10)4-6(8)2/h7-9H,4-6H2,1-3H3;6-8,10H,3-5H2,1-2H3. The fraction of sp³-hybridized carbons (Fsp3) is 0.895. The van der Waals surface area contributed by atoms with Gasteiger partial charge in [-0.15, -0.1) is 0 Å². The van der Waals surface area contributed by atoms with E-state index < -0.39 is 10.1 Å². The summed E-state index contributed by atoms with van der Waals surface area (Å²) in [5, 5.41) is 9.28. The van der Waals surface area contributed by atoms with Crippen LogP contribution in [-0.4, -0.2) is 57.1 Å². The van der Waals surface area contributed by atoms with Gasteiger partial charge < -0.3 is 14.6 Å². The second kappa shape index (κ2) is 11.1. The number of carbonyl (C=O) groups excluding carboxylic acids is 2. The van der Waals surface area contributed by atoms with E-state index in [1.165, 1.54) is 0 Å². The zero-order valence-corrected chi connectivity index (χ0v) is 18.2. The molecule has 0 aromatic heterocycles. The normalized spacial score (nSPS) is 32.4. The van der Waals surface area contributed by atoms with Crippen molar-refractivity contribution in [1.82, 2.24) is 0 Å². The van der Waals surface area contributed by atoms with Crippen LogP contribution in [0.15, 0.2) is 0 Å². The van der Waals surface area contributed by atoms with Crippen LogP contribution in [-0.2, 0) is 33.4 Å². The van der Waals surface area contributed by atoms with Crippen LogP contribution in [0.2, 0.25) is 0 Å². The van der Waals surface area contributed by atoms with Crippen molar-refractivity contribution in [3.63, 3.8) is 0 Å². The van der Waals surface area contributed by atoms with Gasteiger partial charge in [0.1, 0.15) is 0 Å². The molecule has 164 valence electrons. The Hall–Kier alpha value is -1.19. The van der Waals surface area contributed by atoms with Gasteiger partial charge in [0.25, 0.3) is 10.1 Å². The number of hydrogen-bond acceptors (Lipinski definition) is 8. The third-order valence-electron chi connectivity index (χ3n) is 5.18. The van der Waals surface area contributed by atoms with Crippen molar-refractivity contribution < 1.29 is 36.8 Å². The largest absolute Gasteiger partial charge is 0.466 e. The first-order chi connectivity index (χ1) is 13.0. The van der Waals surface area contributed by atoms with E-state index in [1.807, 2.05) is 13.8 Å². The van der Waals surface area contributed by atoms with Crippen LogP contribution in [0.1, 0.15) is 53.4 Å². The Balaban J connectivity index is 0.000000292. The van der Waals surface area contributed by atoms with Crippen molar-refractivity contribution in [2.24, 2.45) is 23.7 Å². The summed E-state index contributed by atoms with van der Waals surface area (Å²) in [5.74, 6) is -0.368. The molecule has 0 saturated heterocycles. The summed E-state index contributed by atoms with van der Waals surface area (Å²) < 4.78 is 36.6. The van der Waals surface area contributed by atoms with Gasteiger partial charge in [0, 0.05) is 0 Å². The molecule has 0 radical (unpaired) electrons. The monoisotopic (exact) mass is 422 g/mol. The minimum Gasteiger partial charge on any atom is -0.466 e. The van der Waals surface area contributed by atoms with Crippen LogP contribution < -0.4 is 0 Å². The molecule has 0 heterocycles. The molecule has 2 aliphatic rings. The molecule has 0 spiro atoms. The van der Waals surface area contributed by atoms with Crippen LogP contribution in [0.3, 0.4) is 0 Å². The van der Waals surface area contributed by atoms with Crippen molar-refractivity contribution in [3.05, 3.63) is 0 Å². The van der Waals surface area contributed by atoms with Gasteiger partial charge in [-0.2, -0.15) is 8.42 Å². The van der Waals surface area contributed by atoms with Crippen molar-refractivity contribution >= 4 is 22.1 Å².